The molecular weight excluding hydrogens is 1700 g/mol. The maximum atomic E-state index is 15.0. The van der Waals surface area contributed by atoms with Gasteiger partial charge in [-0.1, -0.05) is 188 Å². The van der Waals surface area contributed by atoms with Gasteiger partial charge in [-0.15, -0.1) is 0 Å². The molecule has 17 atom stereocenters. The lowest BCUT2D eigenvalue weighted by molar-refractivity contribution is -0.282. The lowest BCUT2D eigenvalue weighted by Crippen LogP contribution is -2.64. The highest BCUT2D eigenvalue weighted by Crippen LogP contribution is 2.45. The van der Waals surface area contributed by atoms with Gasteiger partial charge in [-0.2, -0.15) is 0 Å². The van der Waals surface area contributed by atoms with Gasteiger partial charge in [0.25, 0.3) is 0 Å². The van der Waals surface area contributed by atoms with Crippen LogP contribution in [0.1, 0.15) is 167 Å². The Hall–Kier alpha value is -12.5. The maximum absolute atomic E-state index is 15.0. The molecule has 132 heavy (non-hydrogen) atoms. The molecule has 34 heteroatoms. The summed E-state index contributed by atoms with van der Waals surface area (Å²) in [5.74, 6) is -8.69. The molecule has 2 heterocycles. The number of carbonyl (C=O) groups is 13. The number of esters is 4. The van der Waals surface area contributed by atoms with E-state index in [-0.39, 0.29) is 93.6 Å². The summed E-state index contributed by atoms with van der Waals surface area (Å²) in [6, 6.07) is 39.6. The Morgan fingerprint density at radius 1 is 0.568 bits per heavy atom. The number of rotatable bonds is 44. The number of benzene rings is 6. The number of unbranched alkanes of at least 4 members (excludes halogenated alkanes) is 1. The monoisotopic (exact) mass is 1830 g/mol. The fourth-order valence-electron chi connectivity index (χ4n) is 17.1. The fraction of sp³-hybridized carbons (Fsp3) is 0.500. The van der Waals surface area contributed by atoms with Crippen LogP contribution in [0, 0.1) is 23.7 Å². The van der Waals surface area contributed by atoms with Crippen molar-refractivity contribution in [1.29, 1.82) is 0 Å². The molecule has 9 rings (SSSR count). The minimum absolute atomic E-state index is 0.00375. The molecule has 0 spiro atoms. The summed E-state index contributed by atoms with van der Waals surface area (Å²) >= 11 is 0. The van der Waals surface area contributed by atoms with Crippen LogP contribution in [0.5, 0.6) is 5.75 Å². The van der Waals surface area contributed by atoms with Gasteiger partial charge in [-0.3, -0.25) is 48.1 Å². The first-order valence-corrected chi connectivity index (χ1v) is 44.7. The minimum Gasteiger partial charge on any atom is -0.467 e. The number of nitrogens with zero attached hydrogens (tertiary/aromatic N) is 3. The van der Waals surface area contributed by atoms with Gasteiger partial charge < -0.3 is 98.9 Å². The van der Waals surface area contributed by atoms with E-state index in [1.165, 1.54) is 38.3 Å². The predicted molar refractivity (Wildman–Crippen MR) is 484 cm³/mol. The highest BCUT2D eigenvalue weighted by Gasteiger charge is 2.56. The van der Waals surface area contributed by atoms with E-state index in [0.717, 1.165) is 55.0 Å². The first kappa shape index (κ1) is 103. The van der Waals surface area contributed by atoms with Crippen molar-refractivity contribution in [2.75, 3.05) is 60.4 Å². The summed E-state index contributed by atoms with van der Waals surface area (Å²) in [4.78, 5) is 183. The first-order valence-electron chi connectivity index (χ1n) is 44.7. The quantitative estimate of drug-likeness (QED) is 0.0106. The lowest BCUT2D eigenvalue weighted by atomic mass is 9.89. The average Bonchev–Trinajstić information content (AvgIpc) is 1.57. The molecule has 0 unspecified atom stereocenters. The number of amides is 9. The largest absolute Gasteiger partial charge is 0.467 e. The summed E-state index contributed by atoms with van der Waals surface area (Å²) in [6.07, 6.45) is -10.8. The second kappa shape index (κ2) is 49.6. The normalized spacial score (nSPS) is 18.7. The Morgan fingerprint density at radius 3 is 1.73 bits per heavy atom. The number of likely N-dealkylation sites (tertiary alicyclic amines) is 1. The highest BCUT2D eigenvalue weighted by molar-refractivity contribution is 5.98. The molecule has 2 fully saturated rings. The van der Waals surface area contributed by atoms with Crippen molar-refractivity contribution in [2.45, 2.75) is 238 Å². The molecule has 714 valence electrons. The summed E-state index contributed by atoms with van der Waals surface area (Å²) < 4.78 is 62.3. The van der Waals surface area contributed by atoms with Crippen LogP contribution in [0.4, 0.5) is 20.1 Å². The number of ether oxygens (including phenoxy) is 11. The van der Waals surface area contributed by atoms with Crippen LogP contribution in [0.3, 0.4) is 0 Å². The number of aliphatic hydroxyl groups excluding tert-OH is 1. The number of methoxy groups -OCH3 is 3. The van der Waals surface area contributed by atoms with E-state index in [2.05, 4.69) is 31.9 Å². The SMILES string of the molecule is CC[C@H](C)[C@@H]([C@@H](CC(=O)N1CCC[C@H]1[C@H](OC)[C@@H](C)C(=O)N[C@H](C)[C@@H](O)c1ccccc1)OC)N(C)C(=O)[C@@H](NC(=O)[C@H](C(C)C)N(C)C(=O)OCc1ccc(NC(=O)[C@H](CCCCNC(=O)OCc2ccc(O[C@@H]3O[C@H](C(=O)OC)[C@@H](OC(C)=O)[C@H](OC(C)=O)[C@H]3OC(C)=O)cc2)NC(=O)[C@H](Cc2ccccc2)NC(=O)OCC2c3ccccc3-c3ccccc32)cc1)C(C)C. The van der Waals surface area contributed by atoms with Crippen molar-refractivity contribution in [3.8, 4) is 16.9 Å². The molecule has 0 bridgehead atoms. The Morgan fingerprint density at radius 2 is 1.15 bits per heavy atom. The van der Waals surface area contributed by atoms with Crippen molar-refractivity contribution in [3.05, 3.63) is 191 Å². The number of hydrogen-bond donors (Lipinski definition) is 7. The van der Waals surface area contributed by atoms with Gasteiger partial charge in [-0.25, -0.2) is 19.2 Å². The Kier molecular flexibility index (Phi) is 38.8. The number of hydrogen-bond acceptors (Lipinski definition) is 25. The van der Waals surface area contributed by atoms with Gasteiger partial charge in [0.05, 0.1) is 55.9 Å². The third-order valence-corrected chi connectivity index (χ3v) is 24.1. The molecule has 34 nitrogen and oxygen atoms in total. The first-order chi connectivity index (χ1) is 63.1. The minimum atomic E-state index is -1.69. The van der Waals surface area contributed by atoms with Crippen LogP contribution in [0.2, 0.25) is 0 Å². The van der Waals surface area contributed by atoms with Gasteiger partial charge in [0.15, 0.2) is 18.3 Å². The second-order valence-corrected chi connectivity index (χ2v) is 34.2. The zero-order valence-corrected chi connectivity index (χ0v) is 77.8. The Balaban J connectivity index is 0.823. The second-order valence-electron chi connectivity index (χ2n) is 34.2. The zero-order valence-electron chi connectivity index (χ0n) is 77.8. The molecule has 2 aliphatic heterocycles. The molecule has 6 aromatic carbocycles. The molecular formula is C98H127N9O25. The molecule has 0 radical (unpaired) electrons. The number of fused-ring (bicyclic) bond motifs is 3. The Bertz CT molecular complexity index is 4850. The number of likely N-dealkylation sites (N-methyl/N-ethyl adjacent to an activating group) is 2. The number of aliphatic hydroxyl groups is 1. The summed E-state index contributed by atoms with van der Waals surface area (Å²) in [5.41, 5.74) is 6.61. The van der Waals surface area contributed by atoms with Crippen molar-refractivity contribution in [1.82, 2.24) is 41.3 Å². The zero-order chi connectivity index (χ0) is 96.2. The van der Waals surface area contributed by atoms with Gasteiger partial charge in [-0.05, 0) is 126 Å². The summed E-state index contributed by atoms with van der Waals surface area (Å²) in [7, 11) is 7.11. The maximum Gasteiger partial charge on any atom is 0.410 e. The third-order valence-electron chi connectivity index (χ3n) is 24.1. The fourth-order valence-corrected chi connectivity index (χ4v) is 17.1. The van der Waals surface area contributed by atoms with E-state index in [4.69, 9.17) is 52.1 Å². The van der Waals surface area contributed by atoms with E-state index in [1.807, 2.05) is 86.6 Å². The van der Waals surface area contributed by atoms with Crippen LogP contribution >= 0.6 is 0 Å². The topological polar surface area (TPSA) is 426 Å². The smallest absolute Gasteiger partial charge is 0.410 e. The molecule has 6 aromatic rings. The van der Waals surface area contributed by atoms with Crippen molar-refractivity contribution in [2.24, 2.45) is 23.7 Å². The lowest BCUT2D eigenvalue weighted by Gasteiger charge is -2.43. The highest BCUT2D eigenvalue weighted by atomic mass is 16.7. The molecule has 9 amide bonds. The van der Waals surface area contributed by atoms with Gasteiger partial charge in [0, 0.05) is 80.2 Å². The molecule has 7 N–H and O–H groups in total. The van der Waals surface area contributed by atoms with Crippen molar-refractivity contribution in [3.63, 3.8) is 0 Å². The number of carbonyl (C=O) groups excluding carboxylic acids is 13. The van der Waals surface area contributed by atoms with E-state index < -0.39 is 175 Å². The van der Waals surface area contributed by atoms with Gasteiger partial charge in [0.2, 0.25) is 47.8 Å². The molecule has 0 aromatic heterocycles. The van der Waals surface area contributed by atoms with Crippen LogP contribution < -0.4 is 36.6 Å². The average molecular weight is 1830 g/mol. The summed E-state index contributed by atoms with van der Waals surface area (Å²) in [5, 5.41) is 28.2. The number of alkyl carbamates (subject to hydrolysis) is 2. The van der Waals surface area contributed by atoms with Gasteiger partial charge in [0.1, 0.15) is 49.7 Å². The van der Waals surface area contributed by atoms with E-state index in [9.17, 15) is 62.6 Å². The predicted octanol–water partition coefficient (Wildman–Crippen LogP) is 10.3. The van der Waals surface area contributed by atoms with Crippen LogP contribution in [-0.4, -0.2) is 238 Å². The van der Waals surface area contributed by atoms with Crippen LogP contribution in [0.15, 0.2) is 158 Å². The molecule has 1 aliphatic carbocycles. The number of anilines is 1. The molecule has 0 saturated carbocycles. The van der Waals surface area contributed by atoms with Gasteiger partial charge >= 0.3 is 42.2 Å². The molecule has 3 aliphatic rings. The van der Waals surface area contributed by atoms with E-state index in [1.54, 1.807) is 126 Å². The molecule has 2 saturated heterocycles. The Labute approximate surface area is 770 Å². The van der Waals surface area contributed by atoms with E-state index in [0.29, 0.717) is 48.1 Å². The van der Waals surface area contributed by atoms with E-state index >= 15 is 4.79 Å². The number of nitrogens with one attached hydrogen (secondary N) is 6. The van der Waals surface area contributed by atoms with Crippen LogP contribution in [0.25, 0.3) is 11.1 Å². The van der Waals surface area contributed by atoms with Crippen molar-refractivity contribution >= 4 is 83.3 Å². The van der Waals surface area contributed by atoms with Crippen LogP contribution in [-0.2, 0) is 115 Å². The standard InChI is InChI=1S/C98H127N9O25/c1-17-58(6)82(78(122-14)52-79(111)107-50-30-40-77(107)84(123-15)59(7)89(113)100-60(8)83(112)67-33-22-19-23-34-67)105(12)93(117)80(56(2)3)104-92(116)81(57(4)5)106(13)98(121)127-54-65-41-45-68(46-42-65)101-90(114)75(102-91(115)76(51-64-31-20-18-21-32-64)103-97(120)126-55-74-72-37-26-24-35-70(72)71-36-25-27-38-73(71)74)39-28-29-49-99-96(119)125-53-66-43-47-69(48-44-66)131-95-88(130-63(11)110)86(129-62(10)109)85(128-61(9)108)87(132-95)94(118)124-16/h18-27,31-38,41-48,56-60,74-78,80-88,95,112H,17,28-30,39-40,49-55H2,1-16H3,(H,99,119)(H,100,113)(H,101,114)(H,102,115)(H,103,120)(H,104,116)/t58-,59+,60+,75-,76-,77-,78+,80-,81-,82-,83+,84+,85-,86-,87-,88+,95+/m0/s1. The summed E-state index contributed by atoms with van der Waals surface area (Å²) in [6.45, 7) is 17.6. The van der Waals surface area contributed by atoms with Crippen molar-refractivity contribution < 1.29 is 120 Å². The third kappa shape index (κ3) is 28.0.